The normalized spacial score (nSPS) is 19.2. The van der Waals surface area contributed by atoms with Crippen molar-refractivity contribution in [3.8, 4) is 5.75 Å². The van der Waals surface area contributed by atoms with Crippen molar-refractivity contribution in [2.24, 2.45) is 0 Å². The maximum Gasteiger partial charge on any atom is 0.240 e. The van der Waals surface area contributed by atoms with E-state index in [1.165, 1.54) is 11.3 Å². The quantitative estimate of drug-likeness (QED) is 0.597. The van der Waals surface area contributed by atoms with Crippen LogP contribution < -0.4 is 10.1 Å². The van der Waals surface area contributed by atoms with Crippen LogP contribution in [0.1, 0.15) is 31.2 Å². The number of thiazole rings is 1. The van der Waals surface area contributed by atoms with Gasteiger partial charge in [-0.25, -0.2) is 4.98 Å². The van der Waals surface area contributed by atoms with E-state index in [1.54, 1.807) is 7.11 Å². The Morgan fingerprint density at radius 1 is 1.20 bits per heavy atom. The van der Waals surface area contributed by atoms with Crippen LogP contribution in [0.2, 0.25) is 0 Å². The number of aliphatic hydroxyl groups excluding tert-OH is 1. The lowest BCUT2D eigenvalue weighted by molar-refractivity contribution is -0.118. The monoisotopic (exact) mass is 425 g/mol. The van der Waals surface area contributed by atoms with Gasteiger partial charge < -0.3 is 15.2 Å². The maximum atomic E-state index is 12.9. The van der Waals surface area contributed by atoms with Crippen molar-refractivity contribution in [1.82, 2.24) is 9.88 Å². The fourth-order valence-corrected chi connectivity index (χ4v) is 4.89. The number of rotatable bonds is 7. The van der Waals surface area contributed by atoms with Gasteiger partial charge in [-0.1, -0.05) is 35.6 Å². The van der Waals surface area contributed by atoms with Gasteiger partial charge in [-0.15, -0.1) is 0 Å². The zero-order valence-corrected chi connectivity index (χ0v) is 17.9. The van der Waals surface area contributed by atoms with Crippen LogP contribution >= 0.6 is 11.3 Å². The van der Waals surface area contributed by atoms with Crippen molar-refractivity contribution in [3.63, 3.8) is 0 Å². The lowest BCUT2D eigenvalue weighted by Gasteiger charge is -2.35. The van der Waals surface area contributed by atoms with Crippen molar-refractivity contribution in [2.75, 3.05) is 19.0 Å². The number of aromatic nitrogens is 1. The summed E-state index contributed by atoms with van der Waals surface area (Å²) in [6.45, 7) is 0.944. The number of amides is 1. The standard InChI is InChI=1S/C23H27N3O3S/c1-29-19-6-4-5-16(13-19)14-26(17-9-11-18(27)12-10-17)15-22(28)25-23-24-20-7-2-3-8-21(20)30-23/h2-8,13,17-18,27H,9-12,14-15H2,1H3,(H,24,25,28). The number of benzene rings is 2. The average molecular weight is 426 g/mol. The number of fused-ring (bicyclic) bond motifs is 1. The molecule has 2 N–H and O–H groups in total. The fraction of sp³-hybridized carbons (Fsp3) is 0.391. The molecular weight excluding hydrogens is 398 g/mol. The third-order valence-electron chi connectivity index (χ3n) is 5.59. The Hall–Kier alpha value is -2.48. The second-order valence-electron chi connectivity index (χ2n) is 7.75. The minimum atomic E-state index is -0.225. The summed E-state index contributed by atoms with van der Waals surface area (Å²) in [5, 5.41) is 13.5. The average Bonchev–Trinajstić information content (AvgIpc) is 3.16. The van der Waals surface area contributed by atoms with Crippen LogP contribution in [-0.2, 0) is 11.3 Å². The molecule has 3 aromatic rings. The molecule has 30 heavy (non-hydrogen) atoms. The molecule has 0 aliphatic heterocycles. The molecule has 1 aromatic heterocycles. The number of nitrogens with one attached hydrogen (secondary N) is 1. The largest absolute Gasteiger partial charge is 0.497 e. The van der Waals surface area contributed by atoms with Gasteiger partial charge in [-0.3, -0.25) is 9.69 Å². The Kier molecular flexibility index (Phi) is 6.62. The summed E-state index contributed by atoms with van der Waals surface area (Å²) in [4.78, 5) is 19.6. The van der Waals surface area contributed by atoms with Gasteiger partial charge in [-0.2, -0.15) is 0 Å². The van der Waals surface area contributed by atoms with Crippen LogP contribution in [0, 0.1) is 0 Å². The van der Waals surface area contributed by atoms with E-state index >= 15 is 0 Å². The highest BCUT2D eigenvalue weighted by atomic mass is 32.1. The number of ether oxygens (including phenoxy) is 1. The molecule has 6 nitrogen and oxygen atoms in total. The number of methoxy groups -OCH3 is 1. The Labute approximate surface area is 180 Å². The van der Waals surface area contributed by atoms with Gasteiger partial charge >= 0.3 is 0 Å². The van der Waals surface area contributed by atoms with Gasteiger partial charge in [0, 0.05) is 12.6 Å². The first-order chi connectivity index (χ1) is 14.6. The fourth-order valence-electron chi connectivity index (χ4n) is 4.01. The van der Waals surface area contributed by atoms with E-state index in [1.807, 2.05) is 42.5 Å². The molecule has 4 rings (SSSR count). The molecule has 1 amide bonds. The summed E-state index contributed by atoms with van der Waals surface area (Å²) in [5.74, 6) is 0.744. The summed E-state index contributed by atoms with van der Waals surface area (Å²) in [7, 11) is 1.66. The number of hydrogen-bond donors (Lipinski definition) is 2. The van der Waals surface area contributed by atoms with Crippen molar-refractivity contribution in [3.05, 3.63) is 54.1 Å². The van der Waals surface area contributed by atoms with Crippen molar-refractivity contribution in [1.29, 1.82) is 0 Å². The van der Waals surface area contributed by atoms with Gasteiger partial charge in [0.15, 0.2) is 5.13 Å². The zero-order valence-electron chi connectivity index (χ0n) is 17.1. The summed E-state index contributed by atoms with van der Waals surface area (Å²) in [6, 6.07) is 16.1. The Bertz CT molecular complexity index is 965. The molecule has 0 unspecified atom stereocenters. The first-order valence-electron chi connectivity index (χ1n) is 10.3. The SMILES string of the molecule is COc1cccc(CN(CC(=O)Nc2nc3ccccc3s2)C2CCC(O)CC2)c1. The number of carbonyl (C=O) groups is 1. The van der Waals surface area contributed by atoms with Crippen molar-refractivity contribution in [2.45, 2.75) is 44.4 Å². The zero-order chi connectivity index (χ0) is 20.9. The summed E-state index contributed by atoms with van der Waals surface area (Å²) in [5.41, 5.74) is 2.00. The minimum absolute atomic E-state index is 0.0666. The van der Waals surface area contributed by atoms with Crippen LogP contribution in [-0.4, -0.2) is 46.7 Å². The molecule has 1 aliphatic carbocycles. The molecule has 0 atom stereocenters. The van der Waals surface area contributed by atoms with Gasteiger partial charge in [-0.05, 0) is 55.5 Å². The highest BCUT2D eigenvalue weighted by molar-refractivity contribution is 7.22. The van der Waals surface area contributed by atoms with E-state index in [9.17, 15) is 9.90 Å². The smallest absolute Gasteiger partial charge is 0.240 e. The second-order valence-corrected chi connectivity index (χ2v) is 8.78. The molecule has 0 radical (unpaired) electrons. The predicted octanol–water partition coefficient (Wildman–Crippen LogP) is 4.05. The van der Waals surface area contributed by atoms with E-state index in [0.717, 1.165) is 47.2 Å². The topological polar surface area (TPSA) is 74.7 Å². The first kappa shape index (κ1) is 20.8. The lowest BCUT2D eigenvalue weighted by Crippen LogP contribution is -2.42. The molecule has 2 aromatic carbocycles. The lowest BCUT2D eigenvalue weighted by atomic mass is 9.91. The summed E-state index contributed by atoms with van der Waals surface area (Å²) in [6.07, 6.45) is 3.10. The third-order valence-corrected chi connectivity index (χ3v) is 6.54. The molecule has 158 valence electrons. The summed E-state index contributed by atoms with van der Waals surface area (Å²) >= 11 is 1.49. The van der Waals surface area contributed by atoms with Crippen LogP contribution in [0.4, 0.5) is 5.13 Å². The van der Waals surface area contributed by atoms with Gasteiger partial charge in [0.2, 0.25) is 5.91 Å². The molecule has 1 fully saturated rings. The molecule has 1 saturated carbocycles. The maximum absolute atomic E-state index is 12.9. The molecule has 1 heterocycles. The van der Waals surface area contributed by atoms with Gasteiger partial charge in [0.05, 0.1) is 30.0 Å². The number of aliphatic hydroxyl groups is 1. The molecule has 0 spiro atoms. The Morgan fingerprint density at radius 2 is 2.00 bits per heavy atom. The van der Waals surface area contributed by atoms with Crippen LogP contribution in [0.3, 0.4) is 0 Å². The highest BCUT2D eigenvalue weighted by Crippen LogP contribution is 2.27. The van der Waals surface area contributed by atoms with E-state index in [0.29, 0.717) is 11.7 Å². The molecule has 0 bridgehead atoms. The highest BCUT2D eigenvalue weighted by Gasteiger charge is 2.26. The number of nitrogens with zero attached hydrogens (tertiary/aromatic N) is 2. The summed E-state index contributed by atoms with van der Waals surface area (Å²) < 4.78 is 6.40. The number of anilines is 1. The Morgan fingerprint density at radius 3 is 2.77 bits per heavy atom. The van der Waals surface area contributed by atoms with Crippen LogP contribution in [0.15, 0.2) is 48.5 Å². The number of carbonyl (C=O) groups excluding carboxylic acids is 1. The molecule has 0 saturated heterocycles. The first-order valence-corrected chi connectivity index (χ1v) is 11.1. The second kappa shape index (κ2) is 9.55. The van der Waals surface area contributed by atoms with E-state index < -0.39 is 0 Å². The molecule has 7 heteroatoms. The molecule has 1 aliphatic rings. The van der Waals surface area contributed by atoms with Crippen LogP contribution in [0.25, 0.3) is 10.2 Å². The van der Waals surface area contributed by atoms with E-state index in [-0.39, 0.29) is 24.6 Å². The Balaban J connectivity index is 1.47. The minimum Gasteiger partial charge on any atom is -0.497 e. The predicted molar refractivity (Wildman–Crippen MR) is 120 cm³/mol. The van der Waals surface area contributed by atoms with Crippen molar-refractivity contribution < 1.29 is 14.6 Å². The number of hydrogen-bond acceptors (Lipinski definition) is 6. The number of para-hydroxylation sites is 1. The van der Waals surface area contributed by atoms with Gasteiger partial charge in [0.25, 0.3) is 0 Å². The van der Waals surface area contributed by atoms with E-state index in [4.69, 9.17) is 4.74 Å². The van der Waals surface area contributed by atoms with Crippen molar-refractivity contribution >= 4 is 32.6 Å². The molecular formula is C23H27N3O3S. The van der Waals surface area contributed by atoms with E-state index in [2.05, 4.69) is 21.3 Å². The van der Waals surface area contributed by atoms with Gasteiger partial charge in [0.1, 0.15) is 5.75 Å². The third kappa shape index (κ3) is 5.16. The van der Waals surface area contributed by atoms with Crippen LogP contribution in [0.5, 0.6) is 5.75 Å².